The summed E-state index contributed by atoms with van der Waals surface area (Å²) in [6, 6.07) is -0.535. The van der Waals surface area contributed by atoms with E-state index in [1.165, 1.54) is 4.90 Å². The summed E-state index contributed by atoms with van der Waals surface area (Å²) in [5, 5.41) is 2.55. The Morgan fingerprint density at radius 3 is 2.70 bits per heavy atom. The van der Waals surface area contributed by atoms with Gasteiger partial charge in [0.2, 0.25) is 0 Å². The van der Waals surface area contributed by atoms with Crippen molar-refractivity contribution in [2.24, 2.45) is 0 Å². The maximum atomic E-state index is 12.0. The summed E-state index contributed by atoms with van der Waals surface area (Å²) in [5.41, 5.74) is -0.563. The van der Waals surface area contributed by atoms with Gasteiger partial charge in [-0.25, -0.2) is 9.59 Å². The van der Waals surface area contributed by atoms with Crippen molar-refractivity contribution < 1.29 is 19.1 Å². The Morgan fingerprint density at radius 1 is 1.40 bits per heavy atom. The number of nitrogens with one attached hydrogen (secondary N) is 1. The number of ether oxygens (including phenoxy) is 1. The molecule has 0 aromatic rings. The minimum atomic E-state index is -0.563. The molecule has 2 aliphatic heterocycles. The maximum absolute atomic E-state index is 12.0. The first-order valence-corrected chi connectivity index (χ1v) is 6.88. The molecule has 0 radical (unpaired) electrons. The number of hydrogen-bond acceptors (Lipinski definition) is 4. The molecule has 0 saturated carbocycles. The average Bonchev–Trinajstić information content (AvgIpc) is 2.86. The number of carbonyl (C=O) groups excluding carboxylic acids is 3. The van der Waals surface area contributed by atoms with Crippen molar-refractivity contribution >= 4 is 18.0 Å². The van der Waals surface area contributed by atoms with Crippen LogP contribution in [0.5, 0.6) is 0 Å². The molecule has 2 fully saturated rings. The van der Waals surface area contributed by atoms with Gasteiger partial charge in [-0.2, -0.15) is 0 Å². The molecule has 7 nitrogen and oxygen atoms in total. The molecule has 0 aromatic carbocycles. The van der Waals surface area contributed by atoms with Crippen LogP contribution >= 0.6 is 0 Å². The first-order chi connectivity index (χ1) is 9.29. The highest BCUT2D eigenvalue weighted by Gasteiger charge is 2.46. The normalized spacial score (nSPS) is 22.2. The van der Waals surface area contributed by atoms with E-state index in [4.69, 9.17) is 4.74 Å². The van der Waals surface area contributed by atoms with E-state index in [9.17, 15) is 14.4 Å². The third-order valence-corrected chi connectivity index (χ3v) is 3.28. The zero-order chi connectivity index (χ0) is 14.9. The molecule has 1 N–H and O–H groups in total. The second-order valence-electron chi connectivity index (χ2n) is 6.05. The van der Waals surface area contributed by atoms with Crippen LogP contribution in [0.15, 0.2) is 0 Å². The molecule has 20 heavy (non-hydrogen) atoms. The van der Waals surface area contributed by atoms with Crippen LogP contribution in [0.2, 0.25) is 0 Å². The molecule has 0 bridgehead atoms. The van der Waals surface area contributed by atoms with Crippen LogP contribution in [0.3, 0.4) is 0 Å². The van der Waals surface area contributed by atoms with Crippen molar-refractivity contribution in [3.63, 3.8) is 0 Å². The van der Waals surface area contributed by atoms with E-state index in [1.54, 1.807) is 25.7 Å². The number of fused-ring (bicyclic) bond motifs is 1. The molecule has 2 saturated heterocycles. The zero-order valence-electron chi connectivity index (χ0n) is 12.1. The SMILES string of the molecule is CC(C)(C)OC(=O)NCCN1C(=O)[C@@H]2CCCN2C1=O. The smallest absolute Gasteiger partial charge is 0.407 e. The molecule has 0 aliphatic carbocycles. The fraction of sp³-hybridized carbons (Fsp3) is 0.769. The van der Waals surface area contributed by atoms with Gasteiger partial charge in [-0.1, -0.05) is 0 Å². The minimum absolute atomic E-state index is 0.154. The molecule has 2 heterocycles. The van der Waals surface area contributed by atoms with E-state index in [2.05, 4.69) is 5.32 Å². The van der Waals surface area contributed by atoms with Gasteiger partial charge >= 0.3 is 12.1 Å². The van der Waals surface area contributed by atoms with Crippen molar-refractivity contribution in [2.75, 3.05) is 19.6 Å². The molecule has 1 atom stereocenters. The Balaban J connectivity index is 1.79. The predicted octanol–water partition coefficient (Wildman–Crippen LogP) is 0.938. The van der Waals surface area contributed by atoms with Gasteiger partial charge < -0.3 is 15.0 Å². The number of urea groups is 1. The van der Waals surface area contributed by atoms with Crippen molar-refractivity contribution in [3.05, 3.63) is 0 Å². The molecular formula is C13H21N3O4. The van der Waals surface area contributed by atoms with E-state index >= 15 is 0 Å². The summed E-state index contributed by atoms with van der Waals surface area (Å²) >= 11 is 0. The van der Waals surface area contributed by atoms with Crippen LogP contribution in [0, 0.1) is 0 Å². The van der Waals surface area contributed by atoms with Crippen molar-refractivity contribution in [1.82, 2.24) is 15.1 Å². The van der Waals surface area contributed by atoms with Gasteiger partial charge in [0.15, 0.2) is 0 Å². The van der Waals surface area contributed by atoms with E-state index in [-0.39, 0.29) is 31.1 Å². The Hall–Kier alpha value is -1.79. The monoisotopic (exact) mass is 283 g/mol. The first kappa shape index (κ1) is 14.6. The molecule has 2 aliphatic rings. The molecule has 7 heteroatoms. The second kappa shape index (κ2) is 5.30. The third-order valence-electron chi connectivity index (χ3n) is 3.28. The highest BCUT2D eigenvalue weighted by molar-refractivity contribution is 6.04. The number of imide groups is 1. The maximum Gasteiger partial charge on any atom is 0.407 e. The first-order valence-electron chi connectivity index (χ1n) is 6.88. The number of amides is 4. The standard InChI is InChI=1S/C13H21N3O4/c1-13(2,3)20-11(18)14-6-8-16-10(17)9-5-4-7-15(9)12(16)19/h9H,4-8H2,1-3H3,(H,14,18)/t9-/m0/s1. The topological polar surface area (TPSA) is 79.0 Å². The summed E-state index contributed by atoms with van der Waals surface area (Å²) in [6.45, 7) is 6.35. The average molecular weight is 283 g/mol. The summed E-state index contributed by atoms with van der Waals surface area (Å²) in [7, 11) is 0. The number of rotatable bonds is 3. The van der Waals surface area contributed by atoms with Crippen LogP contribution in [0.4, 0.5) is 9.59 Å². The van der Waals surface area contributed by atoms with Gasteiger partial charge in [0.05, 0.1) is 0 Å². The van der Waals surface area contributed by atoms with Gasteiger partial charge in [0, 0.05) is 19.6 Å². The Morgan fingerprint density at radius 2 is 2.10 bits per heavy atom. The number of carbonyl (C=O) groups is 3. The predicted molar refractivity (Wildman–Crippen MR) is 71.1 cm³/mol. The Kier molecular flexibility index (Phi) is 3.87. The van der Waals surface area contributed by atoms with Gasteiger partial charge in [-0.05, 0) is 33.6 Å². The second-order valence-corrected chi connectivity index (χ2v) is 6.05. The molecular weight excluding hydrogens is 262 g/mol. The Labute approximate surface area is 118 Å². The molecule has 2 rings (SSSR count). The molecule has 0 aromatic heterocycles. The summed E-state index contributed by atoms with van der Waals surface area (Å²) < 4.78 is 5.08. The van der Waals surface area contributed by atoms with Crippen molar-refractivity contribution in [3.8, 4) is 0 Å². The van der Waals surface area contributed by atoms with E-state index in [0.29, 0.717) is 6.54 Å². The summed E-state index contributed by atoms with van der Waals surface area (Å²) in [6.07, 6.45) is 1.07. The lowest BCUT2D eigenvalue weighted by Crippen LogP contribution is -2.41. The van der Waals surface area contributed by atoms with E-state index in [0.717, 1.165) is 12.8 Å². The van der Waals surface area contributed by atoms with E-state index < -0.39 is 11.7 Å². The number of alkyl carbamates (subject to hydrolysis) is 1. The van der Waals surface area contributed by atoms with Crippen LogP contribution < -0.4 is 5.32 Å². The number of nitrogens with zero attached hydrogens (tertiary/aromatic N) is 2. The fourth-order valence-corrected chi connectivity index (χ4v) is 2.47. The van der Waals surface area contributed by atoms with Crippen molar-refractivity contribution in [1.29, 1.82) is 0 Å². The molecule has 0 spiro atoms. The third kappa shape index (κ3) is 3.02. The lowest BCUT2D eigenvalue weighted by molar-refractivity contribution is -0.127. The molecule has 112 valence electrons. The van der Waals surface area contributed by atoms with Gasteiger partial charge in [-0.15, -0.1) is 0 Å². The van der Waals surface area contributed by atoms with Crippen LogP contribution in [0.1, 0.15) is 33.6 Å². The quantitative estimate of drug-likeness (QED) is 0.782. The minimum Gasteiger partial charge on any atom is -0.444 e. The Bertz CT molecular complexity index is 408. The lowest BCUT2D eigenvalue weighted by Gasteiger charge is -2.20. The fourth-order valence-electron chi connectivity index (χ4n) is 2.47. The van der Waals surface area contributed by atoms with Crippen LogP contribution in [-0.2, 0) is 9.53 Å². The number of hydrogen-bond donors (Lipinski definition) is 1. The van der Waals surface area contributed by atoms with Crippen LogP contribution in [-0.4, -0.2) is 59.1 Å². The summed E-state index contributed by atoms with van der Waals surface area (Å²) in [5.74, 6) is -0.154. The summed E-state index contributed by atoms with van der Waals surface area (Å²) in [4.78, 5) is 38.3. The lowest BCUT2D eigenvalue weighted by atomic mass is 10.2. The molecule has 0 unspecified atom stereocenters. The van der Waals surface area contributed by atoms with Crippen molar-refractivity contribution in [2.45, 2.75) is 45.3 Å². The van der Waals surface area contributed by atoms with E-state index in [1.807, 2.05) is 0 Å². The largest absolute Gasteiger partial charge is 0.444 e. The van der Waals surface area contributed by atoms with Crippen LogP contribution in [0.25, 0.3) is 0 Å². The highest BCUT2D eigenvalue weighted by atomic mass is 16.6. The van der Waals surface area contributed by atoms with Gasteiger partial charge in [0.25, 0.3) is 5.91 Å². The highest BCUT2D eigenvalue weighted by Crippen LogP contribution is 2.26. The zero-order valence-corrected chi connectivity index (χ0v) is 12.1. The molecule has 4 amide bonds. The van der Waals surface area contributed by atoms with Gasteiger partial charge in [-0.3, -0.25) is 9.69 Å². The van der Waals surface area contributed by atoms with Gasteiger partial charge in [0.1, 0.15) is 11.6 Å².